The number of hydrogen-bond acceptors (Lipinski definition) is 4. The number of carbonyl (C=O) groups is 3. The fourth-order valence-electron chi connectivity index (χ4n) is 2.64. The van der Waals surface area contributed by atoms with Gasteiger partial charge >= 0.3 is 5.97 Å². The van der Waals surface area contributed by atoms with Crippen LogP contribution in [0.15, 0.2) is 0 Å². The average Bonchev–Trinajstić information content (AvgIpc) is 2.56. The summed E-state index contributed by atoms with van der Waals surface area (Å²) < 4.78 is 5.11. The molecule has 0 radical (unpaired) electrons. The highest BCUT2D eigenvalue weighted by atomic mass is 16.5. The Labute approximate surface area is 132 Å². The van der Waals surface area contributed by atoms with E-state index in [2.05, 4.69) is 5.32 Å². The quantitative estimate of drug-likeness (QED) is 0.723. The predicted octanol–water partition coefficient (Wildman–Crippen LogP) is 1.48. The normalized spacial score (nSPS) is 18.2. The minimum absolute atomic E-state index is 0.0592. The Kier molecular flexibility index (Phi) is 7.91. The van der Waals surface area contributed by atoms with Crippen molar-refractivity contribution in [2.75, 3.05) is 19.7 Å². The van der Waals surface area contributed by atoms with Crippen molar-refractivity contribution in [1.82, 2.24) is 10.2 Å². The third-order valence-corrected chi connectivity index (χ3v) is 4.11. The van der Waals surface area contributed by atoms with E-state index < -0.39 is 0 Å². The maximum atomic E-state index is 12.0. The highest BCUT2D eigenvalue weighted by Crippen LogP contribution is 2.18. The Bertz CT molecular complexity index is 394. The number of rotatable bonds is 7. The SMILES string of the molecule is CCC(=O)N1CCC[C@@H](C(=O)OCC(=O)NC(CC)CC)C1. The Hall–Kier alpha value is -1.59. The molecule has 0 bridgehead atoms. The number of nitrogens with one attached hydrogen (secondary N) is 1. The van der Waals surface area contributed by atoms with Crippen molar-refractivity contribution >= 4 is 17.8 Å². The van der Waals surface area contributed by atoms with Gasteiger partial charge in [0.05, 0.1) is 5.92 Å². The van der Waals surface area contributed by atoms with Crippen LogP contribution >= 0.6 is 0 Å². The zero-order valence-corrected chi connectivity index (χ0v) is 13.9. The smallest absolute Gasteiger partial charge is 0.311 e. The van der Waals surface area contributed by atoms with Gasteiger partial charge in [-0.15, -0.1) is 0 Å². The van der Waals surface area contributed by atoms with Crippen molar-refractivity contribution in [2.24, 2.45) is 5.92 Å². The number of likely N-dealkylation sites (tertiary alicyclic amines) is 1. The van der Waals surface area contributed by atoms with Crippen LogP contribution in [0.5, 0.6) is 0 Å². The number of ether oxygens (including phenoxy) is 1. The van der Waals surface area contributed by atoms with Gasteiger partial charge in [-0.2, -0.15) is 0 Å². The fourth-order valence-corrected chi connectivity index (χ4v) is 2.64. The van der Waals surface area contributed by atoms with Crippen molar-refractivity contribution < 1.29 is 19.1 Å². The topological polar surface area (TPSA) is 75.7 Å². The molecule has 1 rings (SSSR count). The van der Waals surface area contributed by atoms with Gasteiger partial charge in [0.15, 0.2) is 6.61 Å². The lowest BCUT2D eigenvalue weighted by molar-refractivity contribution is -0.155. The monoisotopic (exact) mass is 312 g/mol. The highest BCUT2D eigenvalue weighted by molar-refractivity contribution is 5.82. The molecule has 1 aliphatic heterocycles. The molecule has 1 fully saturated rings. The summed E-state index contributed by atoms with van der Waals surface area (Å²) in [5.74, 6) is -0.901. The van der Waals surface area contributed by atoms with Crippen molar-refractivity contribution in [3.05, 3.63) is 0 Å². The van der Waals surface area contributed by atoms with E-state index in [1.165, 1.54) is 0 Å². The molecular weight excluding hydrogens is 284 g/mol. The molecule has 1 saturated heterocycles. The second-order valence-electron chi connectivity index (χ2n) is 5.72. The van der Waals surface area contributed by atoms with Gasteiger partial charge in [-0.05, 0) is 25.7 Å². The molecule has 6 heteroatoms. The molecule has 0 aromatic heterocycles. The van der Waals surface area contributed by atoms with E-state index in [4.69, 9.17) is 4.74 Å². The zero-order valence-electron chi connectivity index (χ0n) is 13.9. The van der Waals surface area contributed by atoms with Gasteiger partial charge in [-0.25, -0.2) is 0 Å². The summed E-state index contributed by atoms with van der Waals surface area (Å²) in [6.45, 7) is 6.68. The Morgan fingerprint density at radius 3 is 2.50 bits per heavy atom. The van der Waals surface area contributed by atoms with Crippen molar-refractivity contribution in [3.8, 4) is 0 Å². The first kappa shape index (κ1) is 18.5. The molecule has 126 valence electrons. The third kappa shape index (κ3) is 5.66. The van der Waals surface area contributed by atoms with Crippen molar-refractivity contribution in [1.29, 1.82) is 0 Å². The number of piperidine rings is 1. The summed E-state index contributed by atoms with van der Waals surface area (Å²) >= 11 is 0. The predicted molar refractivity (Wildman–Crippen MR) is 83.1 cm³/mol. The number of carbonyl (C=O) groups excluding carboxylic acids is 3. The Morgan fingerprint density at radius 2 is 1.91 bits per heavy atom. The molecule has 1 N–H and O–H groups in total. The lowest BCUT2D eigenvalue weighted by atomic mass is 9.98. The molecule has 1 aliphatic rings. The summed E-state index contributed by atoms with van der Waals surface area (Å²) in [7, 11) is 0. The molecule has 0 aromatic carbocycles. The molecule has 6 nitrogen and oxygen atoms in total. The largest absolute Gasteiger partial charge is 0.455 e. The maximum Gasteiger partial charge on any atom is 0.311 e. The van der Waals surface area contributed by atoms with E-state index in [1.807, 2.05) is 20.8 Å². The second kappa shape index (κ2) is 9.43. The van der Waals surface area contributed by atoms with Gasteiger partial charge in [-0.3, -0.25) is 14.4 Å². The first-order chi connectivity index (χ1) is 10.5. The first-order valence-electron chi connectivity index (χ1n) is 8.25. The summed E-state index contributed by atoms with van der Waals surface area (Å²) in [6, 6.07) is 0.124. The van der Waals surface area contributed by atoms with Crippen LogP contribution < -0.4 is 5.32 Å². The summed E-state index contributed by atoms with van der Waals surface area (Å²) in [6.07, 6.45) is 3.66. The molecule has 0 spiro atoms. The van der Waals surface area contributed by atoms with Crippen molar-refractivity contribution in [3.63, 3.8) is 0 Å². The van der Waals surface area contributed by atoms with Crippen molar-refractivity contribution in [2.45, 2.75) is 58.9 Å². The standard InChI is InChI=1S/C16H28N2O4/c1-4-13(5-2)17-14(19)11-22-16(21)12-8-7-9-18(10-12)15(20)6-3/h12-13H,4-11H2,1-3H3,(H,17,19)/t12-/m1/s1. The average molecular weight is 312 g/mol. The van der Waals surface area contributed by atoms with E-state index >= 15 is 0 Å². The molecule has 0 aromatic rings. The van der Waals surface area contributed by atoms with E-state index in [0.717, 1.165) is 19.3 Å². The number of nitrogens with zero attached hydrogens (tertiary/aromatic N) is 1. The van der Waals surface area contributed by atoms with Crippen LogP contribution in [0.2, 0.25) is 0 Å². The van der Waals surface area contributed by atoms with Crippen LogP contribution in [0.4, 0.5) is 0 Å². The van der Waals surface area contributed by atoms with Crippen LogP contribution in [0.3, 0.4) is 0 Å². The van der Waals surface area contributed by atoms with Crippen LogP contribution in [-0.2, 0) is 19.1 Å². The maximum absolute atomic E-state index is 12.0. The molecular formula is C16H28N2O4. The van der Waals surface area contributed by atoms with E-state index in [0.29, 0.717) is 25.9 Å². The molecule has 0 aliphatic carbocycles. The minimum Gasteiger partial charge on any atom is -0.455 e. The molecule has 1 heterocycles. The Morgan fingerprint density at radius 1 is 1.23 bits per heavy atom. The molecule has 0 saturated carbocycles. The van der Waals surface area contributed by atoms with Crippen LogP contribution in [0.1, 0.15) is 52.9 Å². The second-order valence-corrected chi connectivity index (χ2v) is 5.72. The van der Waals surface area contributed by atoms with Gasteiger partial charge in [0.1, 0.15) is 0 Å². The van der Waals surface area contributed by atoms with Crippen LogP contribution in [0, 0.1) is 5.92 Å². The number of amides is 2. The van der Waals surface area contributed by atoms with Crippen LogP contribution in [-0.4, -0.2) is 48.4 Å². The molecule has 1 atom stereocenters. The summed E-state index contributed by atoms with van der Waals surface area (Å²) in [5, 5.41) is 2.83. The van der Waals surface area contributed by atoms with E-state index in [-0.39, 0.29) is 36.4 Å². The molecule has 0 unspecified atom stereocenters. The minimum atomic E-state index is -0.381. The number of esters is 1. The third-order valence-electron chi connectivity index (χ3n) is 4.11. The number of hydrogen-bond donors (Lipinski definition) is 1. The van der Waals surface area contributed by atoms with Gasteiger partial charge in [0.2, 0.25) is 5.91 Å². The highest BCUT2D eigenvalue weighted by Gasteiger charge is 2.29. The van der Waals surface area contributed by atoms with Crippen LogP contribution in [0.25, 0.3) is 0 Å². The fraction of sp³-hybridized carbons (Fsp3) is 0.812. The van der Waals surface area contributed by atoms with E-state index in [1.54, 1.807) is 4.90 Å². The van der Waals surface area contributed by atoms with Gasteiger partial charge in [-0.1, -0.05) is 20.8 Å². The first-order valence-corrected chi connectivity index (χ1v) is 8.25. The molecule has 22 heavy (non-hydrogen) atoms. The lowest BCUT2D eigenvalue weighted by Crippen LogP contribution is -2.43. The van der Waals surface area contributed by atoms with Gasteiger partial charge in [0.25, 0.3) is 5.91 Å². The van der Waals surface area contributed by atoms with Gasteiger partial charge in [0, 0.05) is 25.6 Å². The molecule has 2 amide bonds. The van der Waals surface area contributed by atoms with E-state index in [9.17, 15) is 14.4 Å². The summed E-state index contributed by atoms with van der Waals surface area (Å²) in [4.78, 5) is 37.2. The Balaban J connectivity index is 2.38. The zero-order chi connectivity index (χ0) is 16.5. The lowest BCUT2D eigenvalue weighted by Gasteiger charge is -2.31. The summed E-state index contributed by atoms with van der Waals surface area (Å²) in [5.41, 5.74) is 0. The van der Waals surface area contributed by atoms with Gasteiger partial charge < -0.3 is 15.0 Å².